The quantitative estimate of drug-likeness (QED) is 0.662. The van der Waals surface area contributed by atoms with Crippen LogP contribution in [0.2, 0.25) is 0 Å². The van der Waals surface area contributed by atoms with Gasteiger partial charge in [-0.1, -0.05) is 66.7 Å². The number of benzene rings is 2. The summed E-state index contributed by atoms with van der Waals surface area (Å²) in [6.07, 6.45) is 4.46. The van der Waals surface area contributed by atoms with Crippen molar-refractivity contribution in [3.63, 3.8) is 0 Å². The van der Waals surface area contributed by atoms with E-state index in [1.165, 1.54) is 24.1 Å². The van der Waals surface area contributed by atoms with E-state index in [9.17, 15) is 0 Å². The Morgan fingerprint density at radius 1 is 0.962 bits per heavy atom. The summed E-state index contributed by atoms with van der Waals surface area (Å²) in [4.78, 5) is 5.51. The largest absolute Gasteiger partial charge is 0.290 e. The van der Waals surface area contributed by atoms with Crippen molar-refractivity contribution >= 4 is 0 Å². The Balaban J connectivity index is 1.57. The molecule has 0 unspecified atom stereocenters. The number of piperazine rings is 1. The smallest absolute Gasteiger partial charge is 0.0327 e. The van der Waals surface area contributed by atoms with E-state index in [0.29, 0.717) is 30.2 Å². The zero-order valence-corrected chi connectivity index (χ0v) is 16.0. The molecule has 2 aromatic rings. The molecule has 2 nitrogen and oxygen atoms in total. The highest BCUT2D eigenvalue weighted by Gasteiger charge is 2.52. The van der Waals surface area contributed by atoms with Gasteiger partial charge in [0.25, 0.3) is 0 Å². The summed E-state index contributed by atoms with van der Waals surface area (Å²) < 4.78 is 0. The Hall–Kier alpha value is -1.90. The summed E-state index contributed by atoms with van der Waals surface area (Å²) in [5.74, 6) is 0. The molecule has 0 spiro atoms. The predicted octanol–water partition coefficient (Wildman–Crippen LogP) is 5.21. The van der Waals surface area contributed by atoms with Crippen LogP contribution < -0.4 is 0 Å². The van der Waals surface area contributed by atoms with E-state index in [4.69, 9.17) is 0 Å². The molecular formula is C24H30N2. The lowest BCUT2D eigenvalue weighted by molar-refractivity contribution is 0.0247. The number of hydrogen-bond acceptors (Lipinski definition) is 2. The minimum Gasteiger partial charge on any atom is -0.290 e. The van der Waals surface area contributed by atoms with E-state index in [-0.39, 0.29) is 0 Å². The average molecular weight is 347 g/mol. The van der Waals surface area contributed by atoms with Crippen molar-refractivity contribution in [3.05, 3.63) is 84.4 Å². The van der Waals surface area contributed by atoms with Crippen LogP contribution in [0, 0.1) is 0 Å². The van der Waals surface area contributed by atoms with Crippen LogP contribution >= 0.6 is 0 Å². The molecule has 26 heavy (non-hydrogen) atoms. The van der Waals surface area contributed by atoms with Gasteiger partial charge in [-0.25, -0.2) is 0 Å². The van der Waals surface area contributed by atoms with Crippen molar-refractivity contribution in [3.8, 4) is 0 Å². The van der Waals surface area contributed by atoms with Crippen molar-refractivity contribution < 1.29 is 0 Å². The summed E-state index contributed by atoms with van der Waals surface area (Å²) in [5.41, 5.74) is 2.86. The van der Waals surface area contributed by atoms with E-state index < -0.39 is 0 Å². The first-order valence-electron chi connectivity index (χ1n) is 9.94. The molecule has 2 heteroatoms. The van der Waals surface area contributed by atoms with Gasteiger partial charge in [0, 0.05) is 36.8 Å². The van der Waals surface area contributed by atoms with Crippen molar-refractivity contribution in [2.75, 3.05) is 6.54 Å². The van der Waals surface area contributed by atoms with Crippen molar-refractivity contribution in [2.24, 2.45) is 0 Å². The van der Waals surface area contributed by atoms with Crippen LogP contribution in [0.3, 0.4) is 0 Å². The van der Waals surface area contributed by atoms with Gasteiger partial charge in [-0.15, -0.1) is 6.58 Å². The van der Waals surface area contributed by atoms with Gasteiger partial charge in [-0.2, -0.15) is 0 Å². The fourth-order valence-electron chi connectivity index (χ4n) is 5.26. The van der Waals surface area contributed by atoms with Gasteiger partial charge in [0.15, 0.2) is 0 Å². The molecule has 5 atom stereocenters. The van der Waals surface area contributed by atoms with Gasteiger partial charge >= 0.3 is 0 Å². The first-order chi connectivity index (χ1) is 12.7. The zero-order chi connectivity index (χ0) is 18.1. The highest BCUT2D eigenvalue weighted by Crippen LogP contribution is 2.45. The van der Waals surface area contributed by atoms with Crippen molar-refractivity contribution in [1.82, 2.24) is 9.80 Å². The number of hydrogen-bond donors (Lipinski definition) is 0. The Labute approximate surface area is 158 Å². The van der Waals surface area contributed by atoms with Gasteiger partial charge < -0.3 is 0 Å². The van der Waals surface area contributed by atoms with Crippen LogP contribution in [0.4, 0.5) is 0 Å². The molecule has 0 amide bonds. The van der Waals surface area contributed by atoms with Crippen LogP contribution in [0.15, 0.2) is 73.3 Å². The molecule has 2 fully saturated rings. The van der Waals surface area contributed by atoms with E-state index in [1.54, 1.807) is 0 Å². The molecular weight excluding hydrogens is 316 g/mol. The first kappa shape index (κ1) is 17.5. The summed E-state index contributed by atoms with van der Waals surface area (Å²) >= 11 is 0. The second-order valence-electron chi connectivity index (χ2n) is 7.87. The summed E-state index contributed by atoms with van der Waals surface area (Å²) in [5, 5.41) is 0. The van der Waals surface area contributed by atoms with Gasteiger partial charge in [0.1, 0.15) is 0 Å². The fraction of sp³-hybridized carbons (Fsp3) is 0.417. The van der Waals surface area contributed by atoms with E-state index in [2.05, 4.69) is 97.0 Å². The van der Waals surface area contributed by atoms with Crippen LogP contribution in [0.5, 0.6) is 0 Å². The molecule has 2 aliphatic rings. The standard InChI is InChI=1S/C24H30N2/c1-4-11-23-24-16-22(26(23)19(3)21-14-9-6-10-15-21)17-25(24)18(2)20-12-7-5-8-13-20/h4-10,12-15,18-19,22-24H,1,11,16-17H2,2-3H3/t18-,19-,22+,23+,24+/m0/s1. The number of fused-ring (bicyclic) bond motifs is 2. The molecule has 2 bridgehead atoms. The van der Waals surface area contributed by atoms with Crippen LogP contribution in [0.25, 0.3) is 0 Å². The maximum absolute atomic E-state index is 4.06. The van der Waals surface area contributed by atoms with Gasteiger partial charge in [-0.05, 0) is 37.8 Å². The minimum absolute atomic E-state index is 0.463. The van der Waals surface area contributed by atoms with Gasteiger partial charge in [-0.3, -0.25) is 9.80 Å². The molecule has 0 N–H and O–H groups in total. The summed E-state index contributed by atoms with van der Waals surface area (Å²) in [6.45, 7) is 9.97. The lowest BCUT2D eigenvalue weighted by Gasteiger charge is -2.46. The predicted molar refractivity (Wildman–Crippen MR) is 109 cm³/mol. The van der Waals surface area contributed by atoms with E-state index in [1.807, 2.05) is 0 Å². The second kappa shape index (κ2) is 7.38. The molecule has 4 rings (SSSR count). The SMILES string of the molecule is C=CC[C@@H]1[C@H]2C[C@H](CN2[C@@H](C)c2ccccc2)N1[C@@H](C)c1ccccc1. The Morgan fingerprint density at radius 2 is 1.54 bits per heavy atom. The molecule has 2 heterocycles. The molecule has 136 valence electrons. The number of rotatable bonds is 6. The van der Waals surface area contributed by atoms with Crippen LogP contribution in [-0.4, -0.2) is 34.5 Å². The van der Waals surface area contributed by atoms with Crippen LogP contribution in [-0.2, 0) is 0 Å². The Morgan fingerprint density at radius 3 is 2.12 bits per heavy atom. The minimum atomic E-state index is 0.463. The third-order valence-electron chi connectivity index (χ3n) is 6.53. The number of nitrogens with zero attached hydrogens (tertiary/aromatic N) is 2. The number of likely N-dealkylation sites (tertiary alicyclic amines) is 2. The topological polar surface area (TPSA) is 6.48 Å². The van der Waals surface area contributed by atoms with Crippen molar-refractivity contribution in [1.29, 1.82) is 0 Å². The molecule has 0 aromatic heterocycles. The normalized spacial score (nSPS) is 28.2. The highest BCUT2D eigenvalue weighted by molar-refractivity contribution is 5.24. The zero-order valence-electron chi connectivity index (χ0n) is 16.0. The van der Waals surface area contributed by atoms with E-state index >= 15 is 0 Å². The third kappa shape index (κ3) is 3.02. The average Bonchev–Trinajstić information content (AvgIpc) is 3.27. The van der Waals surface area contributed by atoms with E-state index in [0.717, 1.165) is 6.42 Å². The molecule has 2 aromatic carbocycles. The summed E-state index contributed by atoms with van der Waals surface area (Å²) in [6, 6.07) is 24.7. The maximum Gasteiger partial charge on any atom is 0.0327 e. The summed E-state index contributed by atoms with van der Waals surface area (Å²) in [7, 11) is 0. The molecule has 0 radical (unpaired) electrons. The molecule has 2 aliphatic heterocycles. The lowest BCUT2D eigenvalue weighted by Crippen LogP contribution is -2.54. The third-order valence-corrected chi connectivity index (χ3v) is 6.53. The fourth-order valence-corrected chi connectivity index (χ4v) is 5.26. The first-order valence-corrected chi connectivity index (χ1v) is 9.94. The van der Waals surface area contributed by atoms with Crippen molar-refractivity contribution in [2.45, 2.75) is 56.9 Å². The maximum atomic E-state index is 4.06. The van der Waals surface area contributed by atoms with Gasteiger partial charge in [0.05, 0.1) is 0 Å². The highest BCUT2D eigenvalue weighted by atomic mass is 15.4. The Kier molecular flexibility index (Phi) is 4.97. The molecule has 0 saturated carbocycles. The van der Waals surface area contributed by atoms with Crippen LogP contribution in [0.1, 0.15) is 49.9 Å². The molecule has 2 saturated heterocycles. The second-order valence-corrected chi connectivity index (χ2v) is 7.87. The lowest BCUT2D eigenvalue weighted by atomic mass is 9.98. The van der Waals surface area contributed by atoms with Gasteiger partial charge in [0.2, 0.25) is 0 Å². The Bertz CT molecular complexity index is 726. The monoisotopic (exact) mass is 346 g/mol. The molecule has 0 aliphatic carbocycles.